The predicted octanol–water partition coefficient (Wildman–Crippen LogP) is 2.67. The van der Waals surface area contributed by atoms with E-state index >= 15 is 0 Å². The molecule has 4 heteroatoms. The van der Waals surface area contributed by atoms with Gasteiger partial charge < -0.3 is 0 Å². The van der Waals surface area contributed by atoms with Gasteiger partial charge in [-0.05, 0) is 0 Å². The Morgan fingerprint density at radius 1 is 0.750 bits per heavy atom. The molecule has 2 nitrogen and oxygen atoms in total. The van der Waals surface area contributed by atoms with Crippen LogP contribution >= 0.6 is 23.5 Å². The molecule has 0 fully saturated rings. The SMILES string of the molecule is c1cc(C2=NCCS2)ccc1C1=NCCS1. The highest BCUT2D eigenvalue weighted by atomic mass is 32.2. The first-order valence-electron chi connectivity index (χ1n) is 5.39. The fourth-order valence-corrected chi connectivity index (χ4v) is 3.50. The van der Waals surface area contributed by atoms with E-state index in [2.05, 4.69) is 34.3 Å². The van der Waals surface area contributed by atoms with Crippen molar-refractivity contribution in [3.63, 3.8) is 0 Å². The summed E-state index contributed by atoms with van der Waals surface area (Å²) in [6, 6.07) is 8.64. The molecule has 0 N–H and O–H groups in total. The molecule has 82 valence electrons. The standard InChI is InChI=1S/C12H12N2S2/c1-2-10(12-14-6-8-16-12)4-3-9(1)11-13-5-7-15-11/h1-4H,5-8H2. The largest absolute Gasteiger partial charge is 0.277 e. The van der Waals surface area contributed by atoms with Crippen molar-refractivity contribution in [3.8, 4) is 0 Å². The van der Waals surface area contributed by atoms with Gasteiger partial charge in [0.05, 0.1) is 10.1 Å². The quantitative estimate of drug-likeness (QED) is 0.804. The van der Waals surface area contributed by atoms with Gasteiger partial charge in [-0.25, -0.2) is 0 Å². The average molecular weight is 248 g/mol. The second-order valence-electron chi connectivity index (χ2n) is 3.65. The van der Waals surface area contributed by atoms with Crippen LogP contribution in [0.2, 0.25) is 0 Å². The van der Waals surface area contributed by atoms with Crippen molar-refractivity contribution in [3.05, 3.63) is 35.4 Å². The van der Waals surface area contributed by atoms with Crippen LogP contribution in [0.5, 0.6) is 0 Å². The van der Waals surface area contributed by atoms with Gasteiger partial charge in [0.1, 0.15) is 0 Å². The van der Waals surface area contributed by atoms with E-state index in [1.165, 1.54) is 21.2 Å². The lowest BCUT2D eigenvalue weighted by atomic mass is 10.1. The van der Waals surface area contributed by atoms with Gasteiger partial charge in [0, 0.05) is 35.7 Å². The lowest BCUT2D eigenvalue weighted by Gasteiger charge is -2.02. The lowest BCUT2D eigenvalue weighted by molar-refractivity contribution is 1.17. The van der Waals surface area contributed by atoms with Gasteiger partial charge in [0.15, 0.2) is 0 Å². The first-order chi connectivity index (χ1) is 7.93. The van der Waals surface area contributed by atoms with Gasteiger partial charge >= 0.3 is 0 Å². The van der Waals surface area contributed by atoms with E-state index < -0.39 is 0 Å². The zero-order valence-electron chi connectivity index (χ0n) is 8.85. The summed E-state index contributed by atoms with van der Waals surface area (Å²) in [5, 5.41) is 2.38. The van der Waals surface area contributed by atoms with E-state index in [4.69, 9.17) is 0 Å². The molecule has 0 aliphatic carbocycles. The van der Waals surface area contributed by atoms with Crippen LogP contribution in [0.1, 0.15) is 11.1 Å². The van der Waals surface area contributed by atoms with Crippen molar-refractivity contribution in [2.24, 2.45) is 9.98 Å². The smallest absolute Gasteiger partial charge is 0.0977 e. The molecule has 0 radical (unpaired) electrons. The van der Waals surface area contributed by atoms with Gasteiger partial charge in [-0.1, -0.05) is 24.3 Å². The van der Waals surface area contributed by atoms with Crippen LogP contribution in [0.25, 0.3) is 0 Å². The summed E-state index contributed by atoms with van der Waals surface area (Å²) in [4.78, 5) is 8.95. The molecule has 2 heterocycles. The first kappa shape index (κ1) is 10.4. The molecule has 1 aromatic carbocycles. The third kappa shape index (κ3) is 2.04. The molecular formula is C12H12N2S2. The third-order valence-electron chi connectivity index (χ3n) is 2.55. The Balaban J connectivity index is 1.84. The van der Waals surface area contributed by atoms with Crippen LogP contribution in [0.3, 0.4) is 0 Å². The minimum atomic E-state index is 0.963. The summed E-state index contributed by atoms with van der Waals surface area (Å²) in [5.74, 6) is 2.25. The predicted molar refractivity (Wildman–Crippen MR) is 74.2 cm³/mol. The molecule has 0 atom stereocenters. The van der Waals surface area contributed by atoms with Crippen molar-refractivity contribution in [1.29, 1.82) is 0 Å². The second-order valence-corrected chi connectivity index (χ2v) is 5.82. The molecule has 1 aromatic rings. The normalized spacial score (nSPS) is 19.8. The number of thioether (sulfide) groups is 2. The van der Waals surface area contributed by atoms with Crippen LogP contribution in [0, 0.1) is 0 Å². The fourth-order valence-electron chi connectivity index (χ4n) is 1.77. The summed E-state index contributed by atoms with van der Waals surface area (Å²) < 4.78 is 0. The number of hydrogen-bond donors (Lipinski definition) is 0. The van der Waals surface area contributed by atoms with Crippen LogP contribution in [-0.4, -0.2) is 34.7 Å². The summed E-state index contributed by atoms with van der Waals surface area (Å²) >= 11 is 3.70. The average Bonchev–Trinajstić information content (AvgIpc) is 3.03. The molecule has 2 aliphatic heterocycles. The van der Waals surface area contributed by atoms with E-state index in [0.717, 1.165) is 24.6 Å². The maximum Gasteiger partial charge on any atom is 0.0977 e. The molecule has 0 saturated heterocycles. The van der Waals surface area contributed by atoms with Crippen molar-refractivity contribution in [2.75, 3.05) is 24.6 Å². The van der Waals surface area contributed by atoms with Gasteiger partial charge in [-0.2, -0.15) is 0 Å². The Hall–Kier alpha value is -0.740. The number of benzene rings is 1. The molecule has 0 bridgehead atoms. The Labute approximate surface area is 104 Å². The third-order valence-corrected chi connectivity index (χ3v) is 4.60. The molecule has 16 heavy (non-hydrogen) atoms. The summed E-state index contributed by atoms with van der Waals surface area (Å²) in [5.41, 5.74) is 2.49. The number of hydrogen-bond acceptors (Lipinski definition) is 4. The lowest BCUT2D eigenvalue weighted by Crippen LogP contribution is -1.95. The maximum absolute atomic E-state index is 4.48. The monoisotopic (exact) mass is 248 g/mol. The van der Waals surface area contributed by atoms with Gasteiger partial charge in [0.2, 0.25) is 0 Å². The molecule has 0 spiro atoms. The molecule has 0 aromatic heterocycles. The van der Waals surface area contributed by atoms with Gasteiger partial charge in [0.25, 0.3) is 0 Å². The topological polar surface area (TPSA) is 24.7 Å². The molecule has 0 unspecified atom stereocenters. The van der Waals surface area contributed by atoms with Crippen LogP contribution in [-0.2, 0) is 0 Å². The highest BCUT2D eigenvalue weighted by Gasteiger charge is 2.12. The summed E-state index contributed by atoms with van der Waals surface area (Å²) in [6.07, 6.45) is 0. The zero-order valence-corrected chi connectivity index (χ0v) is 10.5. The summed E-state index contributed by atoms with van der Waals surface area (Å²) in [6.45, 7) is 1.93. The Bertz CT molecular complexity index is 406. The minimum Gasteiger partial charge on any atom is -0.277 e. The fraction of sp³-hybridized carbons (Fsp3) is 0.333. The Kier molecular flexibility index (Phi) is 3.02. The van der Waals surface area contributed by atoms with E-state index in [9.17, 15) is 0 Å². The van der Waals surface area contributed by atoms with E-state index in [0.29, 0.717) is 0 Å². The zero-order chi connectivity index (χ0) is 10.8. The second kappa shape index (κ2) is 4.63. The van der Waals surface area contributed by atoms with E-state index in [1.807, 2.05) is 23.5 Å². The van der Waals surface area contributed by atoms with Gasteiger partial charge in [-0.15, -0.1) is 23.5 Å². The van der Waals surface area contributed by atoms with Crippen molar-refractivity contribution in [2.45, 2.75) is 0 Å². The number of rotatable bonds is 2. The number of aliphatic imine (C=N–C) groups is 2. The van der Waals surface area contributed by atoms with Crippen molar-refractivity contribution in [1.82, 2.24) is 0 Å². The van der Waals surface area contributed by atoms with Crippen molar-refractivity contribution >= 4 is 33.6 Å². The highest BCUT2D eigenvalue weighted by molar-refractivity contribution is 8.15. The first-order valence-corrected chi connectivity index (χ1v) is 7.36. The van der Waals surface area contributed by atoms with E-state index in [-0.39, 0.29) is 0 Å². The van der Waals surface area contributed by atoms with Crippen LogP contribution < -0.4 is 0 Å². The molecular weight excluding hydrogens is 236 g/mol. The minimum absolute atomic E-state index is 0.963. The van der Waals surface area contributed by atoms with Crippen molar-refractivity contribution < 1.29 is 0 Å². The molecule has 3 rings (SSSR count). The van der Waals surface area contributed by atoms with Gasteiger partial charge in [-0.3, -0.25) is 9.98 Å². The summed E-state index contributed by atoms with van der Waals surface area (Å²) in [7, 11) is 0. The number of nitrogens with zero attached hydrogens (tertiary/aromatic N) is 2. The highest BCUT2D eigenvalue weighted by Crippen LogP contribution is 2.22. The molecule has 0 saturated carbocycles. The Morgan fingerprint density at radius 2 is 1.19 bits per heavy atom. The molecule has 0 amide bonds. The Morgan fingerprint density at radius 3 is 1.50 bits per heavy atom. The molecule has 2 aliphatic rings. The maximum atomic E-state index is 4.48. The van der Waals surface area contributed by atoms with Crippen LogP contribution in [0.15, 0.2) is 34.3 Å². The van der Waals surface area contributed by atoms with Crippen LogP contribution in [0.4, 0.5) is 0 Å². The van der Waals surface area contributed by atoms with E-state index in [1.54, 1.807) is 0 Å².